The Morgan fingerprint density at radius 3 is 2.65 bits per heavy atom. The monoisotopic (exact) mass is 319 g/mol. The van der Waals surface area contributed by atoms with E-state index in [0.29, 0.717) is 34.5 Å². The molecular weight excluding hydrogens is 294 g/mol. The number of ether oxygens (including phenoxy) is 1. The van der Waals surface area contributed by atoms with Crippen molar-refractivity contribution in [3.63, 3.8) is 0 Å². The second kappa shape index (κ2) is 6.62. The van der Waals surface area contributed by atoms with Gasteiger partial charge in [-0.05, 0) is 37.0 Å². The van der Waals surface area contributed by atoms with Crippen molar-refractivity contribution in [1.29, 1.82) is 0 Å². The minimum Gasteiger partial charge on any atom is -0.497 e. The van der Waals surface area contributed by atoms with Crippen LogP contribution in [0.25, 0.3) is 11.0 Å². The molecule has 5 nitrogen and oxygen atoms in total. The standard InChI is InChI=1S/C18H25NO4/c1-11-16(14-8-13(22-5)6-7-15(14)23-11)17(21)19-12(10-20)9-18(2,3)4/h6-8,12,20H,9-10H2,1-5H3,(H,19,21). The molecular formula is C18H25NO4. The maximum absolute atomic E-state index is 12.7. The van der Waals surface area contributed by atoms with E-state index >= 15 is 0 Å². The minimum atomic E-state index is -0.294. The van der Waals surface area contributed by atoms with Gasteiger partial charge >= 0.3 is 0 Å². The van der Waals surface area contributed by atoms with Gasteiger partial charge in [0.1, 0.15) is 17.1 Å². The first-order valence-electron chi connectivity index (χ1n) is 7.74. The lowest BCUT2D eigenvalue weighted by molar-refractivity contribution is 0.0897. The number of hydrogen-bond donors (Lipinski definition) is 2. The van der Waals surface area contributed by atoms with Crippen molar-refractivity contribution in [3.8, 4) is 5.75 Å². The molecule has 1 aromatic carbocycles. The van der Waals surface area contributed by atoms with Gasteiger partial charge in [-0.1, -0.05) is 20.8 Å². The van der Waals surface area contributed by atoms with Gasteiger partial charge in [0, 0.05) is 5.39 Å². The molecule has 0 saturated heterocycles. The molecule has 1 heterocycles. The normalized spacial score (nSPS) is 13.1. The second-order valence-electron chi connectivity index (χ2n) is 7.01. The highest BCUT2D eigenvalue weighted by Gasteiger charge is 2.24. The summed E-state index contributed by atoms with van der Waals surface area (Å²) in [5.74, 6) is 0.983. The van der Waals surface area contributed by atoms with E-state index in [9.17, 15) is 9.90 Å². The van der Waals surface area contributed by atoms with Gasteiger partial charge in [-0.15, -0.1) is 0 Å². The van der Waals surface area contributed by atoms with Crippen molar-refractivity contribution in [2.75, 3.05) is 13.7 Å². The predicted molar refractivity (Wildman–Crippen MR) is 89.9 cm³/mol. The highest BCUT2D eigenvalue weighted by atomic mass is 16.5. The molecule has 0 fully saturated rings. The lowest BCUT2D eigenvalue weighted by Gasteiger charge is -2.25. The van der Waals surface area contributed by atoms with Gasteiger partial charge in [0.2, 0.25) is 0 Å². The zero-order valence-corrected chi connectivity index (χ0v) is 14.4. The number of rotatable bonds is 5. The van der Waals surface area contributed by atoms with Gasteiger partial charge in [0.15, 0.2) is 0 Å². The fourth-order valence-electron chi connectivity index (χ4n) is 2.77. The predicted octanol–water partition coefficient (Wildman–Crippen LogP) is 3.28. The maximum Gasteiger partial charge on any atom is 0.255 e. The number of hydrogen-bond acceptors (Lipinski definition) is 4. The van der Waals surface area contributed by atoms with Gasteiger partial charge < -0.3 is 19.6 Å². The summed E-state index contributed by atoms with van der Waals surface area (Å²) in [4.78, 5) is 12.7. The number of aliphatic hydroxyl groups excluding tert-OH is 1. The third-order valence-electron chi connectivity index (χ3n) is 3.71. The van der Waals surface area contributed by atoms with E-state index in [1.807, 2.05) is 0 Å². The largest absolute Gasteiger partial charge is 0.497 e. The average Bonchev–Trinajstić information content (AvgIpc) is 2.79. The summed E-state index contributed by atoms with van der Waals surface area (Å²) in [5.41, 5.74) is 1.15. The maximum atomic E-state index is 12.7. The Labute approximate surface area is 136 Å². The molecule has 5 heteroatoms. The van der Waals surface area contributed by atoms with Crippen molar-refractivity contribution < 1.29 is 19.1 Å². The van der Waals surface area contributed by atoms with E-state index in [1.54, 1.807) is 32.2 Å². The fourth-order valence-corrected chi connectivity index (χ4v) is 2.77. The van der Waals surface area contributed by atoms with E-state index < -0.39 is 0 Å². The molecule has 1 amide bonds. The fraction of sp³-hybridized carbons (Fsp3) is 0.500. The van der Waals surface area contributed by atoms with Gasteiger partial charge in [0.05, 0.1) is 25.3 Å². The third-order valence-corrected chi connectivity index (χ3v) is 3.71. The van der Waals surface area contributed by atoms with Gasteiger partial charge in [0.25, 0.3) is 5.91 Å². The topological polar surface area (TPSA) is 71.7 Å². The quantitative estimate of drug-likeness (QED) is 0.887. The first-order valence-corrected chi connectivity index (χ1v) is 7.74. The van der Waals surface area contributed by atoms with Crippen LogP contribution in [0.1, 0.15) is 43.3 Å². The van der Waals surface area contributed by atoms with E-state index in [0.717, 1.165) is 0 Å². The molecule has 126 valence electrons. The highest BCUT2D eigenvalue weighted by molar-refractivity contribution is 6.07. The number of furan rings is 1. The number of benzene rings is 1. The zero-order chi connectivity index (χ0) is 17.2. The minimum absolute atomic E-state index is 0.0113. The van der Waals surface area contributed by atoms with Crippen LogP contribution in [0, 0.1) is 12.3 Å². The third kappa shape index (κ3) is 4.05. The van der Waals surface area contributed by atoms with Crippen LogP contribution in [0.2, 0.25) is 0 Å². The number of amides is 1. The van der Waals surface area contributed by atoms with Crippen LogP contribution in [-0.2, 0) is 0 Å². The molecule has 0 aliphatic rings. The molecule has 0 spiro atoms. The summed E-state index contributed by atoms with van der Waals surface area (Å²) in [5, 5.41) is 13.2. The summed E-state index contributed by atoms with van der Waals surface area (Å²) < 4.78 is 10.9. The number of carbonyl (C=O) groups excluding carboxylic acids is 1. The molecule has 2 N–H and O–H groups in total. The SMILES string of the molecule is COc1ccc2oc(C)c(C(=O)NC(CO)CC(C)(C)C)c2c1. The Bertz CT molecular complexity index is 697. The summed E-state index contributed by atoms with van der Waals surface area (Å²) in [7, 11) is 1.58. The van der Waals surface area contributed by atoms with Crippen LogP contribution in [-0.4, -0.2) is 30.8 Å². The number of carbonyl (C=O) groups is 1. The first-order chi connectivity index (χ1) is 10.7. The Kier molecular flexibility index (Phi) is 5.00. The van der Waals surface area contributed by atoms with Crippen LogP contribution in [0.4, 0.5) is 0 Å². The molecule has 2 rings (SSSR count). The number of nitrogens with one attached hydrogen (secondary N) is 1. The van der Waals surface area contributed by atoms with Crippen LogP contribution < -0.4 is 10.1 Å². The number of aryl methyl sites for hydroxylation is 1. The number of methoxy groups -OCH3 is 1. The molecule has 1 unspecified atom stereocenters. The Balaban J connectivity index is 2.31. The van der Waals surface area contributed by atoms with Crippen molar-refractivity contribution >= 4 is 16.9 Å². The summed E-state index contributed by atoms with van der Waals surface area (Å²) >= 11 is 0. The van der Waals surface area contributed by atoms with E-state index in [4.69, 9.17) is 9.15 Å². The number of fused-ring (bicyclic) bond motifs is 1. The Hall–Kier alpha value is -2.01. The molecule has 0 saturated carbocycles. The Morgan fingerprint density at radius 2 is 2.09 bits per heavy atom. The van der Waals surface area contributed by atoms with E-state index in [-0.39, 0.29) is 24.0 Å². The zero-order valence-electron chi connectivity index (χ0n) is 14.4. The molecule has 0 radical (unpaired) electrons. The van der Waals surface area contributed by atoms with E-state index in [2.05, 4.69) is 26.1 Å². The van der Waals surface area contributed by atoms with E-state index in [1.165, 1.54) is 0 Å². The van der Waals surface area contributed by atoms with Gasteiger partial charge in [-0.2, -0.15) is 0 Å². The van der Waals surface area contributed by atoms with Gasteiger partial charge in [-0.3, -0.25) is 4.79 Å². The van der Waals surface area contributed by atoms with Crippen molar-refractivity contribution in [2.24, 2.45) is 5.41 Å². The molecule has 2 aromatic rings. The molecule has 0 bridgehead atoms. The number of aliphatic hydroxyl groups is 1. The second-order valence-corrected chi connectivity index (χ2v) is 7.01. The lowest BCUT2D eigenvalue weighted by Crippen LogP contribution is -2.40. The van der Waals surface area contributed by atoms with Gasteiger partial charge in [-0.25, -0.2) is 0 Å². The average molecular weight is 319 g/mol. The molecule has 1 aromatic heterocycles. The smallest absolute Gasteiger partial charge is 0.255 e. The van der Waals surface area contributed by atoms with Crippen LogP contribution in [0.5, 0.6) is 5.75 Å². The lowest BCUT2D eigenvalue weighted by atomic mass is 9.88. The highest BCUT2D eigenvalue weighted by Crippen LogP contribution is 2.29. The van der Waals surface area contributed by atoms with Crippen molar-refractivity contribution in [1.82, 2.24) is 5.32 Å². The Morgan fingerprint density at radius 1 is 1.39 bits per heavy atom. The molecule has 23 heavy (non-hydrogen) atoms. The molecule has 0 aliphatic carbocycles. The van der Waals surface area contributed by atoms with Crippen LogP contribution >= 0.6 is 0 Å². The first kappa shape index (κ1) is 17.3. The van der Waals surface area contributed by atoms with Crippen LogP contribution in [0.3, 0.4) is 0 Å². The molecule has 0 aliphatic heterocycles. The summed E-state index contributed by atoms with van der Waals surface area (Å²) in [6.45, 7) is 7.89. The van der Waals surface area contributed by atoms with Crippen molar-refractivity contribution in [3.05, 3.63) is 29.5 Å². The summed E-state index contributed by atoms with van der Waals surface area (Å²) in [6.07, 6.45) is 0.688. The van der Waals surface area contributed by atoms with Crippen molar-refractivity contribution in [2.45, 2.75) is 40.2 Å². The summed E-state index contributed by atoms with van der Waals surface area (Å²) in [6, 6.07) is 5.08. The molecule has 1 atom stereocenters. The van der Waals surface area contributed by atoms with Crippen LogP contribution in [0.15, 0.2) is 22.6 Å².